The molecule has 8 heteroatoms. The van der Waals surface area contributed by atoms with Gasteiger partial charge in [-0.2, -0.15) is 13.2 Å². The van der Waals surface area contributed by atoms with E-state index in [0.717, 1.165) is 18.2 Å². The molecule has 0 atom stereocenters. The van der Waals surface area contributed by atoms with Gasteiger partial charge in [-0.15, -0.1) is 0 Å². The number of halogens is 4. The van der Waals surface area contributed by atoms with E-state index in [1.54, 1.807) is 0 Å². The second-order valence-electron chi connectivity index (χ2n) is 4.69. The third-order valence-corrected chi connectivity index (χ3v) is 3.22. The van der Waals surface area contributed by atoms with Crippen molar-refractivity contribution in [2.75, 3.05) is 5.73 Å². The smallest absolute Gasteiger partial charge is 0.416 e. The second-order valence-corrected chi connectivity index (χ2v) is 5.09. The highest BCUT2D eigenvalue weighted by Gasteiger charge is 2.31. The van der Waals surface area contributed by atoms with Crippen molar-refractivity contribution < 1.29 is 27.8 Å². The number of hydrogen-bond acceptors (Lipinski definition) is 3. The lowest BCUT2D eigenvalue weighted by atomic mass is 10.1. The summed E-state index contributed by atoms with van der Waals surface area (Å²) in [6, 6.07) is 6.90. The predicted octanol–water partition coefficient (Wildman–Crippen LogP) is 4.36. The fraction of sp³-hybridized carbons (Fsp3) is 0.133. The number of alkyl halides is 3. The van der Waals surface area contributed by atoms with Crippen LogP contribution in [0.15, 0.2) is 36.4 Å². The normalized spacial score (nSPS) is 11.3. The standard InChI is InChI=1S/C15H11ClF3NO3/c16-10-3-1-8(6-14(21)22)5-12(10)23-13-7-9(15(17,18)19)2-4-11(13)20/h1-5,7H,6,20H2,(H,21,22). The number of carbonyl (C=O) groups is 1. The van der Waals surface area contributed by atoms with Crippen LogP contribution in [0.5, 0.6) is 11.5 Å². The Morgan fingerprint density at radius 2 is 1.87 bits per heavy atom. The topological polar surface area (TPSA) is 72.5 Å². The van der Waals surface area contributed by atoms with Crippen molar-refractivity contribution in [3.8, 4) is 11.5 Å². The lowest BCUT2D eigenvalue weighted by Gasteiger charge is -2.13. The summed E-state index contributed by atoms with van der Waals surface area (Å²) in [5.41, 5.74) is 5.09. The van der Waals surface area contributed by atoms with Crippen LogP contribution in [-0.4, -0.2) is 11.1 Å². The molecule has 0 aliphatic heterocycles. The van der Waals surface area contributed by atoms with Crippen LogP contribution < -0.4 is 10.5 Å². The van der Waals surface area contributed by atoms with Gasteiger partial charge in [-0.3, -0.25) is 4.79 Å². The Morgan fingerprint density at radius 1 is 1.17 bits per heavy atom. The molecule has 0 radical (unpaired) electrons. The molecule has 0 amide bonds. The highest BCUT2D eigenvalue weighted by Crippen LogP contribution is 2.37. The maximum Gasteiger partial charge on any atom is 0.416 e. The molecule has 0 aromatic heterocycles. The van der Waals surface area contributed by atoms with E-state index in [4.69, 9.17) is 27.2 Å². The Balaban J connectivity index is 2.37. The number of nitrogens with two attached hydrogens (primary N) is 1. The largest absolute Gasteiger partial charge is 0.481 e. The molecule has 122 valence electrons. The molecule has 4 nitrogen and oxygen atoms in total. The molecule has 2 rings (SSSR count). The first-order valence-corrected chi connectivity index (χ1v) is 6.69. The van der Waals surface area contributed by atoms with E-state index < -0.39 is 17.7 Å². The highest BCUT2D eigenvalue weighted by molar-refractivity contribution is 6.32. The molecule has 0 bridgehead atoms. The third kappa shape index (κ3) is 4.29. The number of ether oxygens (including phenoxy) is 1. The lowest BCUT2D eigenvalue weighted by molar-refractivity contribution is -0.138. The first-order chi connectivity index (χ1) is 10.7. The maximum atomic E-state index is 12.7. The number of aliphatic carboxylic acids is 1. The van der Waals surface area contributed by atoms with Gasteiger partial charge in [-0.1, -0.05) is 17.7 Å². The Hall–Kier alpha value is -2.41. The van der Waals surface area contributed by atoms with E-state index in [0.29, 0.717) is 5.56 Å². The van der Waals surface area contributed by atoms with E-state index >= 15 is 0 Å². The molecule has 23 heavy (non-hydrogen) atoms. The Bertz CT molecular complexity index is 747. The van der Waals surface area contributed by atoms with Crippen molar-refractivity contribution in [3.05, 3.63) is 52.5 Å². The van der Waals surface area contributed by atoms with Crippen molar-refractivity contribution in [2.45, 2.75) is 12.6 Å². The van der Waals surface area contributed by atoms with Gasteiger partial charge < -0.3 is 15.6 Å². The zero-order valence-electron chi connectivity index (χ0n) is 11.5. The predicted molar refractivity (Wildman–Crippen MR) is 78.7 cm³/mol. The minimum absolute atomic E-state index is 0.00213. The van der Waals surface area contributed by atoms with Crippen molar-refractivity contribution in [2.24, 2.45) is 0 Å². The number of anilines is 1. The van der Waals surface area contributed by atoms with E-state index in [9.17, 15) is 18.0 Å². The van der Waals surface area contributed by atoms with E-state index in [-0.39, 0.29) is 28.6 Å². The SMILES string of the molecule is Nc1ccc(C(F)(F)F)cc1Oc1cc(CC(=O)O)ccc1Cl. The molecule has 0 spiro atoms. The highest BCUT2D eigenvalue weighted by atomic mass is 35.5. The number of carboxylic acid groups (broad SMARTS) is 1. The summed E-state index contributed by atoms with van der Waals surface area (Å²) in [5, 5.41) is 8.89. The number of hydrogen-bond donors (Lipinski definition) is 2. The van der Waals surface area contributed by atoms with Gasteiger partial charge in [0.05, 0.1) is 22.7 Å². The van der Waals surface area contributed by atoms with Gasteiger partial charge in [0.15, 0.2) is 5.75 Å². The van der Waals surface area contributed by atoms with Crippen LogP contribution in [0.4, 0.5) is 18.9 Å². The van der Waals surface area contributed by atoms with Gasteiger partial charge in [-0.25, -0.2) is 0 Å². The molecule has 0 heterocycles. The van der Waals surface area contributed by atoms with Gasteiger partial charge in [0.2, 0.25) is 0 Å². The first-order valence-electron chi connectivity index (χ1n) is 6.31. The number of rotatable bonds is 4. The molecule has 2 aromatic rings. The van der Waals surface area contributed by atoms with Crippen molar-refractivity contribution in [1.82, 2.24) is 0 Å². The van der Waals surface area contributed by atoms with Gasteiger partial charge in [0.1, 0.15) is 5.75 Å². The zero-order valence-corrected chi connectivity index (χ0v) is 12.3. The number of benzene rings is 2. The van der Waals surface area contributed by atoms with Gasteiger partial charge in [0.25, 0.3) is 0 Å². The molecular weight excluding hydrogens is 335 g/mol. The molecule has 0 unspecified atom stereocenters. The summed E-state index contributed by atoms with van der Waals surface area (Å²) in [7, 11) is 0. The Morgan fingerprint density at radius 3 is 2.48 bits per heavy atom. The molecular formula is C15H11ClF3NO3. The monoisotopic (exact) mass is 345 g/mol. The summed E-state index contributed by atoms with van der Waals surface area (Å²) < 4.78 is 43.6. The third-order valence-electron chi connectivity index (χ3n) is 2.91. The minimum atomic E-state index is -4.54. The molecule has 3 N–H and O–H groups in total. The summed E-state index contributed by atoms with van der Waals surface area (Å²) in [5.74, 6) is -1.25. The van der Waals surface area contributed by atoms with Crippen molar-refractivity contribution in [1.29, 1.82) is 0 Å². The number of nitrogen functional groups attached to an aromatic ring is 1. The molecule has 0 saturated heterocycles. The van der Waals surface area contributed by atoms with Crippen LogP contribution in [0.1, 0.15) is 11.1 Å². The van der Waals surface area contributed by atoms with Crippen LogP contribution in [-0.2, 0) is 17.4 Å². The van der Waals surface area contributed by atoms with Crippen LogP contribution in [0.2, 0.25) is 5.02 Å². The lowest BCUT2D eigenvalue weighted by Crippen LogP contribution is -2.06. The first kappa shape index (κ1) is 17.0. The maximum absolute atomic E-state index is 12.7. The summed E-state index contributed by atoms with van der Waals surface area (Å²) in [6.45, 7) is 0. The fourth-order valence-electron chi connectivity index (χ4n) is 1.83. The average Bonchev–Trinajstić information content (AvgIpc) is 2.43. The summed E-state index contributed by atoms with van der Waals surface area (Å²) in [6.07, 6.45) is -4.81. The Kier molecular flexibility index (Phi) is 4.70. The molecule has 0 aliphatic carbocycles. The summed E-state index contributed by atoms with van der Waals surface area (Å²) >= 11 is 5.93. The van der Waals surface area contributed by atoms with E-state index in [2.05, 4.69) is 0 Å². The van der Waals surface area contributed by atoms with Crippen molar-refractivity contribution >= 4 is 23.3 Å². The van der Waals surface area contributed by atoms with Crippen LogP contribution in [0.25, 0.3) is 0 Å². The quantitative estimate of drug-likeness (QED) is 0.807. The number of carboxylic acids is 1. The average molecular weight is 346 g/mol. The Labute approximate surface area is 134 Å². The molecule has 0 saturated carbocycles. The minimum Gasteiger partial charge on any atom is -0.481 e. The molecule has 0 fully saturated rings. The van der Waals surface area contributed by atoms with Gasteiger partial charge in [0, 0.05) is 0 Å². The molecule has 2 aromatic carbocycles. The van der Waals surface area contributed by atoms with E-state index in [1.165, 1.54) is 18.2 Å². The van der Waals surface area contributed by atoms with Gasteiger partial charge >= 0.3 is 12.1 Å². The van der Waals surface area contributed by atoms with Crippen LogP contribution >= 0.6 is 11.6 Å². The van der Waals surface area contributed by atoms with Crippen LogP contribution in [0.3, 0.4) is 0 Å². The van der Waals surface area contributed by atoms with Crippen molar-refractivity contribution in [3.63, 3.8) is 0 Å². The fourth-order valence-corrected chi connectivity index (χ4v) is 1.98. The van der Waals surface area contributed by atoms with Gasteiger partial charge in [-0.05, 0) is 35.9 Å². The summed E-state index contributed by atoms with van der Waals surface area (Å²) in [4.78, 5) is 10.7. The zero-order chi connectivity index (χ0) is 17.2. The molecule has 0 aliphatic rings. The van der Waals surface area contributed by atoms with Crippen LogP contribution in [0, 0.1) is 0 Å². The van der Waals surface area contributed by atoms with E-state index in [1.807, 2.05) is 0 Å². The second kappa shape index (κ2) is 6.37.